The summed E-state index contributed by atoms with van der Waals surface area (Å²) in [5, 5.41) is 16.4. The van der Waals surface area contributed by atoms with Crippen LogP contribution in [0.1, 0.15) is 32.6 Å². The molecule has 3 N–H and O–H groups in total. The van der Waals surface area contributed by atoms with Gasteiger partial charge in [0.25, 0.3) is 0 Å². The number of hydrogen-bond donors (Lipinski definition) is 3. The van der Waals surface area contributed by atoms with Crippen molar-refractivity contribution in [2.24, 2.45) is 5.92 Å². The average Bonchev–Trinajstić information content (AvgIpc) is 3.48. The van der Waals surface area contributed by atoms with Crippen LogP contribution >= 0.6 is 11.8 Å². The Balaban J connectivity index is 1.49. The Bertz CT molecular complexity index is 1030. The number of benzene rings is 1. The first kappa shape index (κ1) is 29.6. The Hall–Kier alpha value is -2.98. The van der Waals surface area contributed by atoms with Crippen LogP contribution in [0.2, 0.25) is 0 Å². The lowest BCUT2D eigenvalue weighted by Gasteiger charge is -2.23. The number of thioether (sulfide) groups is 1. The highest BCUT2D eigenvalue weighted by Crippen LogP contribution is 2.37. The fourth-order valence-corrected chi connectivity index (χ4v) is 6.10. The maximum atomic E-state index is 12.9. The molecule has 9 nitrogen and oxygen atoms in total. The lowest BCUT2D eigenvalue weighted by molar-refractivity contribution is -0.140. The molecule has 208 valence electrons. The first-order valence-electron chi connectivity index (χ1n) is 12.7. The summed E-state index contributed by atoms with van der Waals surface area (Å²) in [6.07, 6.45) is -1.92. The van der Waals surface area contributed by atoms with Crippen LogP contribution in [0.4, 0.5) is 24.5 Å². The van der Waals surface area contributed by atoms with Crippen molar-refractivity contribution < 1.29 is 27.6 Å². The van der Waals surface area contributed by atoms with E-state index < -0.39 is 35.2 Å². The monoisotopic (exact) mass is 554 g/mol. The Morgan fingerprint density at radius 3 is 2.61 bits per heavy atom. The highest BCUT2D eigenvalue weighted by molar-refractivity contribution is 8.01. The zero-order valence-corrected chi connectivity index (χ0v) is 22.0. The minimum Gasteiger partial charge on any atom is -0.385 e. The second-order valence-electron chi connectivity index (χ2n) is 9.28. The molecule has 0 spiro atoms. The van der Waals surface area contributed by atoms with Crippen LogP contribution in [-0.4, -0.2) is 83.6 Å². The molecule has 3 rings (SSSR count). The predicted molar refractivity (Wildman–Crippen MR) is 139 cm³/mol. The third-order valence-electron chi connectivity index (χ3n) is 6.39. The van der Waals surface area contributed by atoms with E-state index in [-0.39, 0.29) is 18.2 Å². The predicted octanol–water partition coefficient (Wildman–Crippen LogP) is 3.02. The number of carbonyl (C=O) groups is 3. The lowest BCUT2D eigenvalue weighted by Crippen LogP contribution is -2.40. The van der Waals surface area contributed by atoms with Gasteiger partial charge in [0, 0.05) is 30.9 Å². The van der Waals surface area contributed by atoms with E-state index in [1.807, 2.05) is 24.3 Å². The summed E-state index contributed by atoms with van der Waals surface area (Å²) in [6, 6.07) is 9.08. The number of halogens is 3. The highest BCUT2D eigenvalue weighted by atomic mass is 32.2. The van der Waals surface area contributed by atoms with Crippen molar-refractivity contribution in [1.82, 2.24) is 15.1 Å². The van der Waals surface area contributed by atoms with E-state index in [4.69, 9.17) is 0 Å². The van der Waals surface area contributed by atoms with Gasteiger partial charge in [-0.1, -0.05) is 6.07 Å². The van der Waals surface area contributed by atoms with E-state index in [1.54, 1.807) is 23.2 Å². The van der Waals surface area contributed by atoms with Crippen molar-refractivity contribution in [1.29, 1.82) is 5.26 Å². The third-order valence-corrected chi connectivity index (χ3v) is 7.92. The van der Waals surface area contributed by atoms with Gasteiger partial charge in [0.05, 0.1) is 23.2 Å². The smallest absolute Gasteiger partial charge is 0.385 e. The molecule has 0 radical (unpaired) electrons. The van der Waals surface area contributed by atoms with Crippen molar-refractivity contribution in [3.8, 4) is 6.07 Å². The molecule has 0 aromatic heterocycles. The molecule has 1 aromatic carbocycles. The topological polar surface area (TPSA) is 118 Å². The van der Waals surface area contributed by atoms with Gasteiger partial charge in [-0.25, -0.2) is 0 Å². The van der Waals surface area contributed by atoms with E-state index in [2.05, 4.69) is 15.5 Å². The summed E-state index contributed by atoms with van der Waals surface area (Å²) in [4.78, 5) is 41.0. The average molecular weight is 555 g/mol. The van der Waals surface area contributed by atoms with E-state index >= 15 is 0 Å². The van der Waals surface area contributed by atoms with E-state index in [1.165, 1.54) is 11.8 Å². The molecule has 3 atom stereocenters. The van der Waals surface area contributed by atoms with Gasteiger partial charge < -0.3 is 20.9 Å². The highest BCUT2D eigenvalue weighted by Gasteiger charge is 2.41. The zero-order chi connectivity index (χ0) is 27.7. The number of nitrogens with one attached hydrogen (secondary N) is 3. The standard InChI is InChI=1S/C25H33F3N6O3S/c1-2-34-22(12-17(14-29)23(36)31-16-25(26,27)28)38-20(24(34)37)8-9-30-18-6-5-7-19(13-18)32-21(35)15-33-10-3-4-11-33/h5-7,13,17,20,22,30H,2-4,8-12,15-16H2,1H3,(H,31,36)(H,32,35). The van der Waals surface area contributed by atoms with Crippen molar-refractivity contribution in [2.45, 2.75) is 49.4 Å². The van der Waals surface area contributed by atoms with Gasteiger partial charge in [-0.05, 0) is 57.5 Å². The van der Waals surface area contributed by atoms with Crippen molar-refractivity contribution in [2.75, 3.05) is 49.9 Å². The second kappa shape index (κ2) is 13.7. The minimum atomic E-state index is -4.57. The number of likely N-dealkylation sites (tertiary alicyclic amines) is 1. The van der Waals surface area contributed by atoms with Crippen LogP contribution in [0.3, 0.4) is 0 Å². The molecule has 0 bridgehead atoms. The number of nitriles is 1. The van der Waals surface area contributed by atoms with Crippen LogP contribution in [0.5, 0.6) is 0 Å². The molecule has 13 heteroatoms. The molecule has 38 heavy (non-hydrogen) atoms. The molecule has 3 amide bonds. The number of rotatable bonds is 12. The van der Waals surface area contributed by atoms with Crippen molar-refractivity contribution >= 4 is 40.9 Å². The molecule has 2 saturated heterocycles. The molecule has 2 aliphatic heterocycles. The zero-order valence-electron chi connectivity index (χ0n) is 21.2. The third kappa shape index (κ3) is 8.80. The Morgan fingerprint density at radius 1 is 1.24 bits per heavy atom. The summed E-state index contributed by atoms with van der Waals surface area (Å²) < 4.78 is 37.3. The Morgan fingerprint density at radius 2 is 1.95 bits per heavy atom. The van der Waals surface area contributed by atoms with Gasteiger partial charge in [0.15, 0.2) is 0 Å². The van der Waals surface area contributed by atoms with E-state index in [0.29, 0.717) is 31.7 Å². The van der Waals surface area contributed by atoms with Gasteiger partial charge in [0.1, 0.15) is 12.5 Å². The quantitative estimate of drug-likeness (QED) is 0.364. The first-order valence-corrected chi connectivity index (χ1v) is 13.6. The van der Waals surface area contributed by atoms with Crippen LogP contribution in [0.25, 0.3) is 0 Å². The molecule has 2 fully saturated rings. The van der Waals surface area contributed by atoms with Gasteiger partial charge in [-0.15, -0.1) is 11.8 Å². The fraction of sp³-hybridized carbons (Fsp3) is 0.600. The van der Waals surface area contributed by atoms with Gasteiger partial charge in [-0.2, -0.15) is 18.4 Å². The van der Waals surface area contributed by atoms with Gasteiger partial charge in [0.2, 0.25) is 17.7 Å². The normalized spacial score (nSPS) is 20.7. The number of carbonyl (C=O) groups excluding carboxylic acids is 3. The SMILES string of the molecule is CCN1C(=O)C(CCNc2cccc(NC(=O)CN3CCCC3)c2)SC1CC(C#N)C(=O)NCC(F)(F)F. The second-order valence-corrected chi connectivity index (χ2v) is 10.7. The van der Waals surface area contributed by atoms with E-state index in [9.17, 15) is 32.8 Å². The molecule has 0 saturated carbocycles. The molecule has 0 aliphatic carbocycles. The van der Waals surface area contributed by atoms with Crippen LogP contribution in [0, 0.1) is 17.2 Å². The summed E-state index contributed by atoms with van der Waals surface area (Å²) in [5.74, 6) is -2.48. The maximum absolute atomic E-state index is 12.9. The lowest BCUT2D eigenvalue weighted by atomic mass is 10.1. The number of hydrogen-bond acceptors (Lipinski definition) is 7. The molecule has 3 unspecified atom stereocenters. The number of amides is 3. The molecular weight excluding hydrogens is 521 g/mol. The first-order chi connectivity index (χ1) is 18.1. The Labute approximate surface area is 224 Å². The van der Waals surface area contributed by atoms with Crippen LogP contribution in [-0.2, 0) is 14.4 Å². The Kier molecular flexibility index (Phi) is 10.7. The summed E-state index contributed by atoms with van der Waals surface area (Å²) >= 11 is 1.32. The maximum Gasteiger partial charge on any atom is 0.405 e. The van der Waals surface area contributed by atoms with Crippen LogP contribution in [0.15, 0.2) is 24.3 Å². The van der Waals surface area contributed by atoms with Crippen LogP contribution < -0.4 is 16.0 Å². The number of nitrogens with zero attached hydrogens (tertiary/aromatic N) is 3. The molecule has 2 aliphatic rings. The number of anilines is 2. The number of alkyl halides is 3. The van der Waals surface area contributed by atoms with Gasteiger partial charge >= 0.3 is 6.18 Å². The van der Waals surface area contributed by atoms with Crippen molar-refractivity contribution in [3.63, 3.8) is 0 Å². The minimum absolute atomic E-state index is 0.0481. The summed E-state index contributed by atoms with van der Waals surface area (Å²) in [6.45, 7) is 3.34. The van der Waals surface area contributed by atoms with E-state index in [0.717, 1.165) is 31.6 Å². The van der Waals surface area contributed by atoms with Crippen molar-refractivity contribution in [3.05, 3.63) is 24.3 Å². The van der Waals surface area contributed by atoms with Gasteiger partial charge in [-0.3, -0.25) is 19.3 Å². The fourth-order valence-electron chi connectivity index (χ4n) is 4.51. The molecular formula is C25H33F3N6O3S. The molecule has 2 heterocycles. The largest absolute Gasteiger partial charge is 0.405 e. The summed E-state index contributed by atoms with van der Waals surface area (Å²) in [7, 11) is 0. The summed E-state index contributed by atoms with van der Waals surface area (Å²) in [5.41, 5.74) is 1.46. The molecule has 1 aromatic rings.